The van der Waals surface area contributed by atoms with Crippen LogP contribution in [0.4, 0.5) is 4.39 Å². The van der Waals surface area contributed by atoms with Crippen molar-refractivity contribution in [1.29, 1.82) is 0 Å². The molecule has 0 saturated carbocycles. The summed E-state index contributed by atoms with van der Waals surface area (Å²) in [5.41, 5.74) is 5.00. The minimum absolute atomic E-state index is 0.0376. The molecule has 1 aromatic rings. The van der Waals surface area contributed by atoms with Crippen LogP contribution in [0.3, 0.4) is 0 Å². The van der Waals surface area contributed by atoms with Crippen molar-refractivity contribution >= 4 is 5.91 Å². The minimum atomic E-state index is -0.764. The van der Waals surface area contributed by atoms with E-state index in [1.807, 2.05) is 0 Å². The number of rotatable bonds is 3. The Labute approximate surface area is 80.4 Å². The summed E-state index contributed by atoms with van der Waals surface area (Å²) in [6.07, 6.45) is 0. The van der Waals surface area contributed by atoms with E-state index in [4.69, 9.17) is 15.2 Å². The van der Waals surface area contributed by atoms with Gasteiger partial charge in [-0.3, -0.25) is 4.79 Å². The summed E-state index contributed by atoms with van der Waals surface area (Å²) in [6.45, 7) is 0. The number of benzene rings is 1. The molecule has 4 nitrogen and oxygen atoms in total. The number of hydrogen-bond donors (Lipinski definition) is 1. The number of ether oxygens (including phenoxy) is 2. The topological polar surface area (TPSA) is 61.5 Å². The van der Waals surface area contributed by atoms with Gasteiger partial charge in [-0.05, 0) is 6.07 Å². The van der Waals surface area contributed by atoms with Gasteiger partial charge in [0.25, 0.3) is 5.91 Å². The highest BCUT2D eigenvalue weighted by molar-refractivity contribution is 5.96. The molecule has 0 radical (unpaired) electrons. The van der Waals surface area contributed by atoms with E-state index in [0.717, 1.165) is 12.1 Å². The lowest BCUT2D eigenvalue weighted by Crippen LogP contribution is -2.13. The molecule has 1 rings (SSSR count). The number of hydrogen-bond acceptors (Lipinski definition) is 3. The highest BCUT2D eigenvalue weighted by Gasteiger charge is 2.16. The Balaban J connectivity index is 3.39. The first-order chi connectivity index (χ1) is 6.60. The van der Waals surface area contributed by atoms with E-state index in [1.54, 1.807) is 0 Å². The molecule has 0 saturated heterocycles. The first kappa shape index (κ1) is 10.3. The first-order valence-electron chi connectivity index (χ1n) is 3.81. The fourth-order valence-electron chi connectivity index (χ4n) is 1.11. The molecule has 0 spiro atoms. The Morgan fingerprint density at radius 3 is 2.43 bits per heavy atom. The molecule has 0 aliphatic rings. The number of methoxy groups -OCH3 is 2. The molecular formula is C9H10FNO3. The lowest BCUT2D eigenvalue weighted by Gasteiger charge is -2.10. The molecule has 0 atom stereocenters. The van der Waals surface area contributed by atoms with Crippen molar-refractivity contribution < 1.29 is 18.7 Å². The highest BCUT2D eigenvalue weighted by atomic mass is 19.1. The third-order valence-electron chi connectivity index (χ3n) is 1.71. The van der Waals surface area contributed by atoms with Gasteiger partial charge in [0.1, 0.15) is 5.82 Å². The highest BCUT2D eigenvalue weighted by Crippen LogP contribution is 2.31. The standard InChI is InChI=1S/C9H10FNO3/c1-13-7-4-5(10)3-6(9(11)12)8(7)14-2/h3-4H,1-2H3,(H2,11,12). The van der Waals surface area contributed by atoms with Gasteiger partial charge in [0, 0.05) is 6.07 Å². The van der Waals surface area contributed by atoms with Gasteiger partial charge in [-0.25, -0.2) is 4.39 Å². The van der Waals surface area contributed by atoms with Gasteiger partial charge >= 0.3 is 0 Å². The van der Waals surface area contributed by atoms with Crippen molar-refractivity contribution in [2.45, 2.75) is 0 Å². The molecule has 2 N–H and O–H groups in total. The smallest absolute Gasteiger partial charge is 0.252 e. The number of carbonyl (C=O) groups is 1. The zero-order chi connectivity index (χ0) is 10.7. The van der Waals surface area contributed by atoms with Crippen LogP contribution < -0.4 is 15.2 Å². The summed E-state index contributed by atoms with van der Waals surface area (Å²) in [4.78, 5) is 10.9. The van der Waals surface area contributed by atoms with Crippen LogP contribution in [-0.4, -0.2) is 20.1 Å². The Hall–Kier alpha value is -1.78. The molecule has 5 heteroatoms. The molecular weight excluding hydrogens is 189 g/mol. The van der Waals surface area contributed by atoms with E-state index in [2.05, 4.69) is 0 Å². The average Bonchev–Trinajstić information content (AvgIpc) is 2.16. The predicted molar refractivity (Wildman–Crippen MR) is 48.0 cm³/mol. The third kappa shape index (κ3) is 1.76. The lowest BCUT2D eigenvalue weighted by molar-refractivity contribution is 0.0996. The molecule has 0 bridgehead atoms. The second-order valence-electron chi connectivity index (χ2n) is 2.55. The van der Waals surface area contributed by atoms with E-state index in [0.29, 0.717) is 0 Å². The SMILES string of the molecule is COc1cc(F)cc(C(N)=O)c1OC. The third-order valence-corrected chi connectivity index (χ3v) is 1.71. The maximum absolute atomic E-state index is 12.9. The number of carbonyl (C=O) groups excluding carboxylic acids is 1. The van der Waals surface area contributed by atoms with Gasteiger partial charge < -0.3 is 15.2 Å². The largest absolute Gasteiger partial charge is 0.493 e. The van der Waals surface area contributed by atoms with Crippen molar-refractivity contribution in [3.05, 3.63) is 23.5 Å². The summed E-state index contributed by atoms with van der Waals surface area (Å²) >= 11 is 0. The minimum Gasteiger partial charge on any atom is -0.493 e. The quantitative estimate of drug-likeness (QED) is 0.788. The van der Waals surface area contributed by atoms with Crippen LogP contribution in [0.1, 0.15) is 10.4 Å². The number of halogens is 1. The van der Waals surface area contributed by atoms with E-state index >= 15 is 0 Å². The molecule has 0 aromatic heterocycles. The van der Waals surface area contributed by atoms with Crippen molar-refractivity contribution in [2.75, 3.05) is 14.2 Å². The van der Waals surface area contributed by atoms with Crippen molar-refractivity contribution in [3.8, 4) is 11.5 Å². The van der Waals surface area contributed by atoms with Crippen LogP contribution in [0.5, 0.6) is 11.5 Å². The lowest BCUT2D eigenvalue weighted by atomic mass is 10.1. The molecule has 76 valence electrons. The maximum atomic E-state index is 12.9. The molecule has 1 amide bonds. The fourth-order valence-corrected chi connectivity index (χ4v) is 1.11. The summed E-state index contributed by atoms with van der Waals surface area (Å²) in [6, 6.07) is 2.12. The van der Waals surface area contributed by atoms with Gasteiger partial charge in [-0.15, -0.1) is 0 Å². The second kappa shape index (κ2) is 3.95. The van der Waals surface area contributed by atoms with E-state index < -0.39 is 11.7 Å². The molecule has 0 unspecified atom stereocenters. The zero-order valence-corrected chi connectivity index (χ0v) is 7.83. The second-order valence-corrected chi connectivity index (χ2v) is 2.55. The number of amides is 1. The molecule has 0 fully saturated rings. The van der Waals surface area contributed by atoms with Crippen molar-refractivity contribution in [3.63, 3.8) is 0 Å². The molecule has 0 aliphatic heterocycles. The van der Waals surface area contributed by atoms with Gasteiger partial charge in [-0.1, -0.05) is 0 Å². The first-order valence-corrected chi connectivity index (χ1v) is 3.81. The summed E-state index contributed by atoms with van der Waals surface area (Å²) in [5, 5.41) is 0. The predicted octanol–water partition coefficient (Wildman–Crippen LogP) is 0.942. The maximum Gasteiger partial charge on any atom is 0.252 e. The molecule has 14 heavy (non-hydrogen) atoms. The van der Waals surface area contributed by atoms with Crippen LogP contribution >= 0.6 is 0 Å². The van der Waals surface area contributed by atoms with E-state index in [1.165, 1.54) is 14.2 Å². The van der Waals surface area contributed by atoms with Crippen LogP contribution in [0.25, 0.3) is 0 Å². The summed E-state index contributed by atoms with van der Waals surface area (Å²) in [7, 11) is 2.70. The van der Waals surface area contributed by atoms with Gasteiger partial charge in [0.05, 0.1) is 19.8 Å². The summed E-state index contributed by atoms with van der Waals surface area (Å²) < 4.78 is 22.7. The average molecular weight is 199 g/mol. The normalized spacial score (nSPS) is 9.64. The molecule has 1 aromatic carbocycles. The van der Waals surface area contributed by atoms with Crippen LogP contribution in [-0.2, 0) is 0 Å². The van der Waals surface area contributed by atoms with E-state index in [-0.39, 0.29) is 17.1 Å². The Bertz CT molecular complexity index is 365. The summed E-state index contributed by atoms with van der Waals surface area (Å²) in [5.74, 6) is -1.08. The number of primary amides is 1. The zero-order valence-electron chi connectivity index (χ0n) is 7.83. The van der Waals surface area contributed by atoms with Crippen molar-refractivity contribution in [2.24, 2.45) is 5.73 Å². The monoisotopic (exact) mass is 199 g/mol. The van der Waals surface area contributed by atoms with Crippen LogP contribution in [0, 0.1) is 5.82 Å². The van der Waals surface area contributed by atoms with E-state index in [9.17, 15) is 9.18 Å². The number of nitrogens with two attached hydrogens (primary N) is 1. The van der Waals surface area contributed by atoms with Crippen molar-refractivity contribution in [1.82, 2.24) is 0 Å². The van der Waals surface area contributed by atoms with Gasteiger partial charge in [0.2, 0.25) is 0 Å². The molecule has 0 heterocycles. The Kier molecular flexibility index (Phi) is 2.91. The Morgan fingerprint density at radius 2 is 2.00 bits per heavy atom. The molecule has 0 aliphatic carbocycles. The van der Waals surface area contributed by atoms with Gasteiger partial charge in [-0.2, -0.15) is 0 Å². The Morgan fingerprint density at radius 1 is 1.36 bits per heavy atom. The van der Waals surface area contributed by atoms with Crippen LogP contribution in [0.2, 0.25) is 0 Å². The van der Waals surface area contributed by atoms with Gasteiger partial charge in [0.15, 0.2) is 11.5 Å². The fraction of sp³-hybridized carbons (Fsp3) is 0.222. The van der Waals surface area contributed by atoms with Crippen LogP contribution in [0.15, 0.2) is 12.1 Å².